The van der Waals surface area contributed by atoms with Crippen molar-refractivity contribution in [3.63, 3.8) is 0 Å². The van der Waals surface area contributed by atoms with Crippen LogP contribution in [-0.2, 0) is 0 Å². The fraction of sp³-hybridized carbons (Fsp3) is 0.125. The van der Waals surface area contributed by atoms with Gasteiger partial charge in [0.1, 0.15) is 5.75 Å². The van der Waals surface area contributed by atoms with Crippen molar-refractivity contribution < 1.29 is 9.26 Å². The van der Waals surface area contributed by atoms with Crippen LogP contribution < -0.4 is 4.74 Å². The van der Waals surface area contributed by atoms with Crippen molar-refractivity contribution in [2.75, 3.05) is 6.61 Å². The van der Waals surface area contributed by atoms with Gasteiger partial charge in [-0.3, -0.25) is 0 Å². The van der Waals surface area contributed by atoms with E-state index in [0.29, 0.717) is 33.9 Å². The smallest absolute Gasteiger partial charge is 0.258 e. The van der Waals surface area contributed by atoms with E-state index in [1.54, 1.807) is 18.2 Å². The Hall–Kier alpha value is -2.04. The zero-order valence-electron chi connectivity index (χ0n) is 11.7. The first-order valence-electron chi connectivity index (χ1n) is 6.69. The lowest BCUT2D eigenvalue weighted by Crippen LogP contribution is -1.90. The maximum atomic E-state index is 6.15. The quantitative estimate of drug-likeness (QED) is 0.665. The molecule has 112 valence electrons. The maximum Gasteiger partial charge on any atom is 0.258 e. The average Bonchev–Trinajstić information content (AvgIpc) is 2.98. The van der Waals surface area contributed by atoms with Gasteiger partial charge < -0.3 is 9.26 Å². The predicted octanol–water partition coefficient (Wildman–Crippen LogP) is 5.11. The van der Waals surface area contributed by atoms with Gasteiger partial charge in [0.05, 0.1) is 11.6 Å². The third kappa shape index (κ3) is 3.08. The zero-order chi connectivity index (χ0) is 15.5. The normalized spacial score (nSPS) is 10.7. The highest BCUT2D eigenvalue weighted by Gasteiger charge is 2.13. The Morgan fingerprint density at radius 3 is 2.55 bits per heavy atom. The van der Waals surface area contributed by atoms with Gasteiger partial charge in [-0.05, 0) is 49.4 Å². The topological polar surface area (TPSA) is 48.2 Å². The van der Waals surface area contributed by atoms with Crippen LogP contribution >= 0.6 is 23.2 Å². The molecule has 0 radical (unpaired) electrons. The van der Waals surface area contributed by atoms with Gasteiger partial charge in [-0.15, -0.1) is 0 Å². The van der Waals surface area contributed by atoms with E-state index in [9.17, 15) is 0 Å². The highest BCUT2D eigenvalue weighted by Crippen LogP contribution is 2.30. The molecule has 4 nitrogen and oxygen atoms in total. The van der Waals surface area contributed by atoms with Crippen molar-refractivity contribution in [2.45, 2.75) is 6.92 Å². The minimum Gasteiger partial charge on any atom is -0.494 e. The summed E-state index contributed by atoms with van der Waals surface area (Å²) in [6.07, 6.45) is 0. The number of hydrogen-bond acceptors (Lipinski definition) is 4. The van der Waals surface area contributed by atoms with E-state index in [2.05, 4.69) is 10.1 Å². The van der Waals surface area contributed by atoms with Crippen LogP contribution in [0.1, 0.15) is 6.92 Å². The summed E-state index contributed by atoms with van der Waals surface area (Å²) in [4.78, 5) is 4.37. The molecule has 2 aromatic carbocycles. The van der Waals surface area contributed by atoms with Gasteiger partial charge in [0.15, 0.2) is 0 Å². The molecule has 0 bridgehead atoms. The van der Waals surface area contributed by atoms with E-state index >= 15 is 0 Å². The van der Waals surface area contributed by atoms with Crippen LogP contribution in [0.4, 0.5) is 0 Å². The van der Waals surface area contributed by atoms with Gasteiger partial charge in [-0.2, -0.15) is 4.98 Å². The molecule has 0 saturated carbocycles. The van der Waals surface area contributed by atoms with Crippen LogP contribution in [0.2, 0.25) is 10.0 Å². The fourth-order valence-electron chi connectivity index (χ4n) is 1.98. The second kappa shape index (κ2) is 6.38. The number of nitrogens with zero attached hydrogens (tertiary/aromatic N) is 2. The number of rotatable bonds is 4. The molecular formula is C16H12Cl2N2O2. The van der Waals surface area contributed by atoms with Gasteiger partial charge in [0.25, 0.3) is 5.89 Å². The Bertz CT molecular complexity index is 785. The molecule has 0 unspecified atom stereocenters. The Labute approximate surface area is 137 Å². The number of aromatic nitrogens is 2. The molecule has 0 aliphatic heterocycles. The van der Waals surface area contributed by atoms with Crippen LogP contribution in [0.15, 0.2) is 47.0 Å². The fourth-order valence-corrected chi connectivity index (χ4v) is 2.47. The second-order valence-electron chi connectivity index (χ2n) is 4.50. The van der Waals surface area contributed by atoms with Gasteiger partial charge in [0.2, 0.25) is 5.82 Å². The minimum atomic E-state index is 0.420. The highest BCUT2D eigenvalue weighted by molar-refractivity contribution is 6.36. The summed E-state index contributed by atoms with van der Waals surface area (Å²) >= 11 is 12.0. The summed E-state index contributed by atoms with van der Waals surface area (Å²) in [5, 5.41) is 5.00. The van der Waals surface area contributed by atoms with Crippen molar-refractivity contribution in [3.8, 4) is 28.6 Å². The molecule has 3 aromatic rings. The van der Waals surface area contributed by atoms with Crippen molar-refractivity contribution >= 4 is 23.2 Å². The Morgan fingerprint density at radius 1 is 1.09 bits per heavy atom. The number of benzene rings is 2. The second-order valence-corrected chi connectivity index (χ2v) is 5.35. The SMILES string of the molecule is CCOc1ccc(-c2nc(-c3ccc(Cl)cc3Cl)no2)cc1. The molecule has 0 spiro atoms. The number of hydrogen-bond donors (Lipinski definition) is 0. The third-order valence-electron chi connectivity index (χ3n) is 3.01. The van der Waals surface area contributed by atoms with Crippen LogP contribution in [0.3, 0.4) is 0 Å². The summed E-state index contributed by atoms with van der Waals surface area (Å²) in [6.45, 7) is 2.56. The summed E-state index contributed by atoms with van der Waals surface area (Å²) < 4.78 is 10.7. The third-order valence-corrected chi connectivity index (χ3v) is 3.56. The molecule has 22 heavy (non-hydrogen) atoms. The summed E-state index contributed by atoms with van der Waals surface area (Å²) in [5.41, 5.74) is 1.49. The number of ether oxygens (including phenoxy) is 1. The van der Waals surface area contributed by atoms with E-state index < -0.39 is 0 Å². The Morgan fingerprint density at radius 2 is 1.86 bits per heavy atom. The number of halogens is 2. The van der Waals surface area contributed by atoms with E-state index in [1.165, 1.54) is 0 Å². The Balaban J connectivity index is 1.90. The van der Waals surface area contributed by atoms with Gasteiger partial charge in [0, 0.05) is 16.1 Å². The molecule has 0 fully saturated rings. The van der Waals surface area contributed by atoms with Crippen LogP contribution in [0.25, 0.3) is 22.8 Å². The first-order chi connectivity index (χ1) is 10.7. The molecule has 0 N–H and O–H groups in total. The van der Waals surface area contributed by atoms with Gasteiger partial charge in [-0.25, -0.2) is 0 Å². The summed E-state index contributed by atoms with van der Waals surface area (Å²) in [5.74, 6) is 1.64. The van der Waals surface area contributed by atoms with E-state index in [-0.39, 0.29) is 0 Å². The largest absolute Gasteiger partial charge is 0.494 e. The molecule has 3 rings (SSSR count). The molecule has 0 amide bonds. The molecule has 0 atom stereocenters. The highest BCUT2D eigenvalue weighted by atomic mass is 35.5. The molecule has 0 saturated heterocycles. The lowest BCUT2D eigenvalue weighted by molar-refractivity contribution is 0.340. The van der Waals surface area contributed by atoms with Crippen molar-refractivity contribution in [1.29, 1.82) is 0 Å². The van der Waals surface area contributed by atoms with Gasteiger partial charge in [-0.1, -0.05) is 28.4 Å². The standard InChI is InChI=1S/C16H12Cl2N2O2/c1-2-21-12-6-3-10(4-7-12)16-19-15(20-22-16)13-8-5-11(17)9-14(13)18/h3-9H,2H2,1H3. The van der Waals surface area contributed by atoms with Crippen LogP contribution in [0.5, 0.6) is 5.75 Å². The molecular weight excluding hydrogens is 323 g/mol. The molecule has 0 aliphatic rings. The Kier molecular flexibility index (Phi) is 4.32. The summed E-state index contributed by atoms with van der Waals surface area (Å²) in [7, 11) is 0. The van der Waals surface area contributed by atoms with Crippen LogP contribution in [0, 0.1) is 0 Å². The predicted molar refractivity (Wildman–Crippen MR) is 86.4 cm³/mol. The van der Waals surface area contributed by atoms with Gasteiger partial charge >= 0.3 is 0 Å². The van der Waals surface area contributed by atoms with E-state index in [0.717, 1.165) is 11.3 Å². The van der Waals surface area contributed by atoms with E-state index in [4.69, 9.17) is 32.5 Å². The summed E-state index contributed by atoms with van der Waals surface area (Å²) in [6, 6.07) is 12.6. The molecule has 0 aliphatic carbocycles. The minimum absolute atomic E-state index is 0.420. The molecule has 1 heterocycles. The monoisotopic (exact) mass is 334 g/mol. The first kappa shape index (κ1) is 14.9. The molecule has 6 heteroatoms. The van der Waals surface area contributed by atoms with Crippen molar-refractivity contribution in [2.24, 2.45) is 0 Å². The lowest BCUT2D eigenvalue weighted by atomic mass is 10.2. The average molecular weight is 335 g/mol. The lowest BCUT2D eigenvalue weighted by Gasteiger charge is -2.02. The van der Waals surface area contributed by atoms with E-state index in [1.807, 2.05) is 31.2 Å². The van der Waals surface area contributed by atoms with Crippen molar-refractivity contribution in [3.05, 3.63) is 52.5 Å². The molecule has 1 aromatic heterocycles. The van der Waals surface area contributed by atoms with Crippen molar-refractivity contribution in [1.82, 2.24) is 10.1 Å². The maximum absolute atomic E-state index is 6.15. The van der Waals surface area contributed by atoms with Crippen LogP contribution in [-0.4, -0.2) is 16.7 Å². The first-order valence-corrected chi connectivity index (χ1v) is 7.45. The zero-order valence-corrected chi connectivity index (χ0v) is 13.2.